The number of carboxylic acid groups (broad SMARTS) is 1. The number of ether oxygens (including phenoxy) is 1. The fourth-order valence-electron chi connectivity index (χ4n) is 5.05. The Hall–Kier alpha value is -3.82. The van der Waals surface area contributed by atoms with Crippen LogP contribution in [0.15, 0.2) is 48.5 Å². The van der Waals surface area contributed by atoms with Gasteiger partial charge in [-0.15, -0.1) is 5.54 Å². The highest BCUT2D eigenvalue weighted by atomic mass is 28.3. The van der Waals surface area contributed by atoms with E-state index in [-0.39, 0.29) is 18.9 Å². The Labute approximate surface area is 219 Å². The average molecular weight is 512 g/mol. The van der Waals surface area contributed by atoms with Gasteiger partial charge in [-0.05, 0) is 65.3 Å². The minimum absolute atomic E-state index is 0.0425. The molecule has 0 bridgehead atoms. The van der Waals surface area contributed by atoms with E-state index in [0.717, 1.165) is 33.4 Å². The number of anilines is 1. The van der Waals surface area contributed by atoms with Crippen LogP contribution in [0, 0.1) is 32.2 Å². The number of hydrogen-bond donors (Lipinski definition) is 2. The van der Waals surface area contributed by atoms with E-state index in [4.69, 9.17) is 4.74 Å². The van der Waals surface area contributed by atoms with Gasteiger partial charge in [0.15, 0.2) is 0 Å². The van der Waals surface area contributed by atoms with Crippen molar-refractivity contribution < 1.29 is 19.4 Å². The van der Waals surface area contributed by atoms with E-state index in [1.165, 1.54) is 11.1 Å². The summed E-state index contributed by atoms with van der Waals surface area (Å²) in [5.41, 5.74) is 12.4. The first-order valence-corrected chi connectivity index (χ1v) is 16.0. The molecular formula is C31H33NO4Si. The monoisotopic (exact) mass is 511 g/mol. The highest BCUT2D eigenvalue weighted by Crippen LogP contribution is 2.44. The number of carboxylic acids is 1. The van der Waals surface area contributed by atoms with Crippen LogP contribution in [0.5, 0.6) is 0 Å². The van der Waals surface area contributed by atoms with Crippen molar-refractivity contribution in [2.75, 3.05) is 11.9 Å². The molecule has 1 aliphatic carbocycles. The van der Waals surface area contributed by atoms with Crippen molar-refractivity contribution in [1.82, 2.24) is 0 Å². The first-order chi connectivity index (χ1) is 17.5. The smallest absolute Gasteiger partial charge is 0.411 e. The van der Waals surface area contributed by atoms with Gasteiger partial charge in [-0.3, -0.25) is 10.1 Å². The molecule has 0 saturated carbocycles. The van der Waals surface area contributed by atoms with Crippen molar-refractivity contribution in [2.45, 2.75) is 52.8 Å². The number of nitrogens with one attached hydrogen (secondary N) is 1. The van der Waals surface area contributed by atoms with Gasteiger partial charge in [0.25, 0.3) is 0 Å². The Kier molecular flexibility index (Phi) is 7.29. The maximum absolute atomic E-state index is 13.1. The molecule has 0 saturated heterocycles. The summed E-state index contributed by atoms with van der Waals surface area (Å²) < 4.78 is 5.76. The van der Waals surface area contributed by atoms with Gasteiger partial charge in [0.05, 0.1) is 12.1 Å². The second-order valence-corrected chi connectivity index (χ2v) is 15.4. The van der Waals surface area contributed by atoms with Gasteiger partial charge in [-0.25, -0.2) is 4.79 Å². The highest BCUT2D eigenvalue weighted by molar-refractivity contribution is 6.83. The zero-order valence-corrected chi connectivity index (χ0v) is 23.3. The van der Waals surface area contributed by atoms with Crippen LogP contribution >= 0.6 is 0 Å². The van der Waals surface area contributed by atoms with E-state index in [9.17, 15) is 14.7 Å². The minimum atomic E-state index is -1.67. The highest BCUT2D eigenvalue weighted by Gasteiger charge is 2.29. The van der Waals surface area contributed by atoms with Gasteiger partial charge in [0.2, 0.25) is 0 Å². The molecule has 37 heavy (non-hydrogen) atoms. The third kappa shape index (κ3) is 5.47. The molecule has 0 aliphatic heterocycles. The summed E-state index contributed by atoms with van der Waals surface area (Å²) in [5, 5.41) is 12.5. The predicted octanol–water partition coefficient (Wildman–Crippen LogP) is 6.83. The molecule has 0 fully saturated rings. The van der Waals surface area contributed by atoms with Gasteiger partial charge in [0.1, 0.15) is 14.7 Å². The number of aliphatic carboxylic acids is 1. The molecule has 1 amide bonds. The van der Waals surface area contributed by atoms with Crippen LogP contribution in [-0.4, -0.2) is 31.8 Å². The average Bonchev–Trinajstić information content (AvgIpc) is 3.16. The number of amides is 1. The summed E-state index contributed by atoms with van der Waals surface area (Å²) in [6.07, 6.45) is -0.707. The van der Waals surface area contributed by atoms with Crippen molar-refractivity contribution in [1.29, 1.82) is 0 Å². The van der Waals surface area contributed by atoms with Gasteiger partial charge in [-0.1, -0.05) is 74.1 Å². The van der Waals surface area contributed by atoms with Gasteiger partial charge >= 0.3 is 12.1 Å². The molecule has 0 atom stereocenters. The van der Waals surface area contributed by atoms with Gasteiger partial charge in [0, 0.05) is 11.5 Å². The summed E-state index contributed by atoms with van der Waals surface area (Å²) in [6.45, 7) is 12.3. The summed E-state index contributed by atoms with van der Waals surface area (Å²) in [4.78, 5) is 24.7. The number of rotatable bonds is 5. The molecule has 0 unspecified atom stereocenters. The zero-order valence-electron chi connectivity index (χ0n) is 22.3. The lowest BCUT2D eigenvalue weighted by molar-refractivity contribution is -0.136. The van der Waals surface area contributed by atoms with Crippen LogP contribution in [0.3, 0.4) is 0 Å². The Morgan fingerprint density at radius 3 is 2.03 bits per heavy atom. The van der Waals surface area contributed by atoms with Gasteiger partial charge in [-0.2, -0.15) is 0 Å². The van der Waals surface area contributed by atoms with Crippen molar-refractivity contribution in [3.05, 3.63) is 87.5 Å². The van der Waals surface area contributed by atoms with E-state index in [2.05, 4.69) is 60.7 Å². The summed E-state index contributed by atoms with van der Waals surface area (Å²) in [7, 11) is -1.67. The molecule has 1 aliphatic rings. The lowest BCUT2D eigenvalue weighted by Crippen LogP contribution is -2.20. The Morgan fingerprint density at radius 2 is 1.49 bits per heavy atom. The van der Waals surface area contributed by atoms with Crippen LogP contribution in [0.1, 0.15) is 44.9 Å². The number of hydrogen-bond acceptors (Lipinski definition) is 3. The number of carbonyl (C=O) groups excluding carboxylic acids is 1. The second kappa shape index (κ2) is 10.3. The fraction of sp³-hybridized carbons (Fsp3) is 0.290. The van der Waals surface area contributed by atoms with Crippen molar-refractivity contribution in [3.63, 3.8) is 0 Å². The molecule has 4 rings (SSSR count). The maximum Gasteiger partial charge on any atom is 0.411 e. The fourth-order valence-corrected chi connectivity index (χ4v) is 5.55. The Balaban J connectivity index is 1.63. The predicted molar refractivity (Wildman–Crippen MR) is 151 cm³/mol. The third-order valence-electron chi connectivity index (χ3n) is 6.87. The van der Waals surface area contributed by atoms with Crippen LogP contribution in [0.2, 0.25) is 19.6 Å². The molecule has 2 N–H and O–H groups in total. The molecule has 0 aromatic heterocycles. The molecular weight excluding hydrogens is 478 g/mol. The van der Waals surface area contributed by atoms with Gasteiger partial charge < -0.3 is 9.84 Å². The Morgan fingerprint density at radius 1 is 0.919 bits per heavy atom. The SMILES string of the molecule is Cc1c(C#C[Si](C)(C)C)c(C)c(NC(=O)OCC2c3ccccc3-c3ccccc32)c(C)c1CC(=O)O. The lowest BCUT2D eigenvalue weighted by Gasteiger charge is -2.21. The summed E-state index contributed by atoms with van der Waals surface area (Å²) >= 11 is 0. The zero-order chi connectivity index (χ0) is 26.9. The number of carbonyl (C=O) groups is 2. The van der Waals surface area contributed by atoms with Crippen LogP contribution < -0.4 is 5.32 Å². The topological polar surface area (TPSA) is 75.6 Å². The lowest BCUT2D eigenvalue weighted by atomic mass is 9.90. The second-order valence-electron chi connectivity index (χ2n) is 10.6. The summed E-state index contributed by atoms with van der Waals surface area (Å²) in [5.74, 6) is 2.33. The molecule has 3 aromatic carbocycles. The standard InChI is InChI=1S/C31H33NO4Si/c1-19-22(15-16-37(4,5)6)20(2)30(21(3)27(19)17-29(33)34)32-31(35)36-18-28-25-13-9-7-11-23(25)24-12-8-10-14-26(24)28/h7-14,28H,17-18H2,1-6H3,(H,32,35)(H,33,34). The van der Waals surface area contributed by atoms with Crippen LogP contribution in [0.4, 0.5) is 10.5 Å². The van der Waals surface area contributed by atoms with Crippen molar-refractivity contribution >= 4 is 25.8 Å². The van der Waals surface area contributed by atoms with Crippen molar-refractivity contribution in [3.8, 4) is 22.6 Å². The molecule has 190 valence electrons. The normalized spacial score (nSPS) is 12.3. The molecule has 0 heterocycles. The first-order valence-electron chi connectivity index (χ1n) is 12.5. The van der Waals surface area contributed by atoms with E-state index in [0.29, 0.717) is 11.3 Å². The van der Waals surface area contributed by atoms with E-state index < -0.39 is 20.1 Å². The largest absolute Gasteiger partial charge is 0.481 e. The van der Waals surface area contributed by atoms with E-state index >= 15 is 0 Å². The quantitative estimate of drug-likeness (QED) is 0.291. The minimum Gasteiger partial charge on any atom is -0.481 e. The molecule has 3 aromatic rings. The molecule has 0 radical (unpaired) electrons. The molecule has 6 heteroatoms. The number of fused-ring (bicyclic) bond motifs is 3. The third-order valence-corrected chi connectivity index (χ3v) is 7.74. The molecule has 5 nitrogen and oxygen atoms in total. The van der Waals surface area contributed by atoms with Crippen molar-refractivity contribution in [2.24, 2.45) is 0 Å². The van der Waals surface area contributed by atoms with E-state index in [1.54, 1.807) is 0 Å². The van der Waals surface area contributed by atoms with Crippen LogP contribution in [0.25, 0.3) is 11.1 Å². The molecule has 0 spiro atoms. The maximum atomic E-state index is 13.1. The van der Waals surface area contributed by atoms with E-state index in [1.807, 2.05) is 45.0 Å². The summed E-state index contributed by atoms with van der Waals surface area (Å²) in [6, 6.07) is 16.4. The first kappa shape index (κ1) is 26.2. The van der Waals surface area contributed by atoms with Crippen LogP contribution in [-0.2, 0) is 16.0 Å². The Bertz CT molecular complexity index is 1410. The number of benzene rings is 3.